The van der Waals surface area contributed by atoms with Gasteiger partial charge in [-0.05, 0) is 67.8 Å². The second-order valence-corrected chi connectivity index (χ2v) is 9.15. The van der Waals surface area contributed by atoms with Gasteiger partial charge in [-0.3, -0.25) is 19.3 Å². The Labute approximate surface area is 208 Å². The second kappa shape index (κ2) is 10.3. The third-order valence-corrected chi connectivity index (χ3v) is 6.69. The summed E-state index contributed by atoms with van der Waals surface area (Å²) in [5, 5.41) is 1.72. The van der Waals surface area contributed by atoms with E-state index < -0.39 is 23.7 Å². The van der Waals surface area contributed by atoms with Crippen molar-refractivity contribution in [2.45, 2.75) is 6.61 Å². The maximum Gasteiger partial charge on any atom is 0.325 e. The number of hydrogen-bond donors (Lipinski definition) is 0. The Morgan fingerprint density at radius 2 is 1.85 bits per heavy atom. The summed E-state index contributed by atoms with van der Waals surface area (Å²) in [7, 11) is 2.73. The number of methoxy groups -OCH3 is 2. The smallest absolute Gasteiger partial charge is 0.325 e. The predicted octanol–water partition coefficient (Wildman–Crippen LogP) is 5.40. The molecular formula is C25H20BrNO6S. The maximum absolute atomic E-state index is 12.6. The lowest BCUT2D eigenvalue weighted by Crippen LogP contribution is -2.34. The summed E-state index contributed by atoms with van der Waals surface area (Å²) in [5.74, 6) is -0.228. The molecule has 1 fully saturated rings. The van der Waals surface area contributed by atoms with Gasteiger partial charge in [0.2, 0.25) is 0 Å². The van der Waals surface area contributed by atoms with Gasteiger partial charge in [0.25, 0.3) is 11.1 Å². The van der Waals surface area contributed by atoms with E-state index in [1.807, 2.05) is 24.3 Å². The summed E-state index contributed by atoms with van der Waals surface area (Å²) in [5.41, 5.74) is 1.67. The first-order valence-corrected chi connectivity index (χ1v) is 11.8. The Hall–Kier alpha value is -3.30. The molecule has 2 amide bonds. The monoisotopic (exact) mass is 541 g/mol. The number of imide groups is 1. The van der Waals surface area contributed by atoms with Crippen molar-refractivity contribution in [3.63, 3.8) is 0 Å². The number of amides is 2. The van der Waals surface area contributed by atoms with E-state index in [2.05, 4.69) is 38.9 Å². The molecule has 1 heterocycles. The van der Waals surface area contributed by atoms with Crippen LogP contribution in [0.3, 0.4) is 0 Å². The van der Waals surface area contributed by atoms with Crippen molar-refractivity contribution in [1.29, 1.82) is 0 Å². The van der Waals surface area contributed by atoms with E-state index in [-0.39, 0.29) is 4.91 Å². The fourth-order valence-corrected chi connectivity index (χ4v) is 4.93. The minimum absolute atomic E-state index is 0.201. The summed E-state index contributed by atoms with van der Waals surface area (Å²) >= 11 is 4.29. The van der Waals surface area contributed by atoms with Gasteiger partial charge in [-0.15, -0.1) is 0 Å². The van der Waals surface area contributed by atoms with Gasteiger partial charge in [0.15, 0.2) is 11.5 Å². The molecule has 0 N–H and O–H groups in total. The number of ether oxygens (including phenoxy) is 3. The first kappa shape index (κ1) is 23.8. The zero-order valence-electron chi connectivity index (χ0n) is 18.4. The first-order valence-electron chi connectivity index (χ1n) is 10.2. The summed E-state index contributed by atoms with van der Waals surface area (Å²) in [6, 6.07) is 17.6. The van der Waals surface area contributed by atoms with Crippen LogP contribution in [0, 0.1) is 0 Å². The van der Waals surface area contributed by atoms with Gasteiger partial charge >= 0.3 is 5.97 Å². The highest BCUT2D eigenvalue weighted by Crippen LogP contribution is 2.39. The highest BCUT2D eigenvalue weighted by Gasteiger charge is 2.36. The molecule has 1 aliphatic rings. The van der Waals surface area contributed by atoms with Crippen LogP contribution in [-0.2, 0) is 20.9 Å². The van der Waals surface area contributed by atoms with Crippen molar-refractivity contribution in [3.8, 4) is 11.5 Å². The molecule has 4 rings (SSSR count). The first-order chi connectivity index (χ1) is 16.4. The van der Waals surface area contributed by atoms with Crippen LogP contribution in [0.1, 0.15) is 11.1 Å². The molecule has 0 aliphatic carbocycles. The molecule has 0 atom stereocenters. The van der Waals surface area contributed by atoms with Crippen LogP contribution < -0.4 is 9.47 Å². The van der Waals surface area contributed by atoms with Crippen molar-refractivity contribution >= 4 is 61.7 Å². The molecule has 7 nitrogen and oxygen atoms in total. The number of hydrogen-bond acceptors (Lipinski definition) is 7. The SMILES string of the molecule is COC(=O)CN1C(=O)S/C(=C/c2cc(Br)c(OCc3cccc4ccccc34)c(OC)c2)C1=O. The van der Waals surface area contributed by atoms with Crippen molar-refractivity contribution in [3.05, 3.63) is 75.1 Å². The number of thioether (sulfide) groups is 1. The van der Waals surface area contributed by atoms with E-state index >= 15 is 0 Å². The van der Waals surface area contributed by atoms with Crippen LogP contribution in [0.2, 0.25) is 0 Å². The molecule has 174 valence electrons. The Kier molecular flexibility index (Phi) is 7.23. The van der Waals surface area contributed by atoms with Crippen molar-refractivity contribution < 1.29 is 28.6 Å². The molecule has 0 radical (unpaired) electrons. The number of carbonyl (C=O) groups is 3. The molecular weight excluding hydrogens is 522 g/mol. The van der Waals surface area contributed by atoms with E-state index in [0.717, 1.165) is 33.0 Å². The quantitative estimate of drug-likeness (QED) is 0.292. The summed E-state index contributed by atoms with van der Waals surface area (Å²) in [4.78, 5) is 37.3. The number of esters is 1. The molecule has 34 heavy (non-hydrogen) atoms. The Morgan fingerprint density at radius 3 is 2.62 bits per heavy atom. The van der Waals surface area contributed by atoms with Crippen molar-refractivity contribution in [2.24, 2.45) is 0 Å². The zero-order valence-corrected chi connectivity index (χ0v) is 20.8. The molecule has 3 aromatic rings. The summed E-state index contributed by atoms with van der Waals surface area (Å²) in [6.07, 6.45) is 1.57. The van der Waals surface area contributed by atoms with E-state index in [0.29, 0.717) is 28.1 Å². The Balaban J connectivity index is 1.57. The van der Waals surface area contributed by atoms with Gasteiger partial charge in [-0.2, -0.15) is 0 Å². The third-order valence-electron chi connectivity index (χ3n) is 5.19. The molecule has 0 saturated carbocycles. The van der Waals surface area contributed by atoms with Crippen molar-refractivity contribution in [2.75, 3.05) is 20.8 Å². The number of carbonyl (C=O) groups excluding carboxylic acids is 3. The molecule has 3 aromatic carbocycles. The topological polar surface area (TPSA) is 82.1 Å². The van der Waals surface area contributed by atoms with Gasteiger partial charge in [0.1, 0.15) is 13.2 Å². The molecule has 0 aromatic heterocycles. The highest BCUT2D eigenvalue weighted by atomic mass is 79.9. The lowest BCUT2D eigenvalue weighted by molar-refractivity contribution is -0.143. The van der Waals surface area contributed by atoms with Crippen LogP contribution in [0.25, 0.3) is 16.8 Å². The Bertz CT molecular complexity index is 1320. The fraction of sp³-hybridized carbons (Fsp3) is 0.160. The average molecular weight is 542 g/mol. The van der Waals surface area contributed by atoms with Gasteiger partial charge < -0.3 is 14.2 Å². The second-order valence-electron chi connectivity index (χ2n) is 7.31. The number of halogens is 1. The Morgan fingerprint density at radius 1 is 1.09 bits per heavy atom. The van der Waals surface area contributed by atoms with Gasteiger partial charge in [-0.25, -0.2) is 0 Å². The average Bonchev–Trinajstić information content (AvgIpc) is 3.10. The van der Waals surface area contributed by atoms with Gasteiger partial charge in [-0.1, -0.05) is 42.5 Å². The van der Waals surface area contributed by atoms with E-state index in [1.54, 1.807) is 18.2 Å². The van der Waals surface area contributed by atoms with Gasteiger partial charge in [0, 0.05) is 0 Å². The van der Waals surface area contributed by atoms with Gasteiger partial charge in [0.05, 0.1) is 23.6 Å². The van der Waals surface area contributed by atoms with E-state index in [4.69, 9.17) is 9.47 Å². The van der Waals surface area contributed by atoms with Crippen LogP contribution in [0.15, 0.2) is 64.0 Å². The molecule has 1 aliphatic heterocycles. The minimum atomic E-state index is -0.666. The number of benzene rings is 3. The minimum Gasteiger partial charge on any atom is -0.493 e. The zero-order chi connectivity index (χ0) is 24.2. The fourth-order valence-electron chi connectivity index (χ4n) is 3.51. The molecule has 0 spiro atoms. The van der Waals surface area contributed by atoms with Crippen molar-refractivity contribution in [1.82, 2.24) is 4.90 Å². The summed E-state index contributed by atoms with van der Waals surface area (Å²) < 4.78 is 16.8. The van der Waals surface area contributed by atoms with Crippen LogP contribution in [0.5, 0.6) is 11.5 Å². The van der Waals surface area contributed by atoms with E-state index in [9.17, 15) is 14.4 Å². The lowest BCUT2D eigenvalue weighted by atomic mass is 10.1. The third kappa shape index (κ3) is 4.95. The van der Waals surface area contributed by atoms with Crippen LogP contribution in [0.4, 0.5) is 4.79 Å². The standard InChI is InChI=1S/C25H20BrNO6S/c1-31-20-11-15(12-21-24(29)27(25(30)34-21)13-22(28)32-2)10-19(26)23(20)33-14-17-8-5-7-16-6-3-4-9-18(16)17/h3-12H,13-14H2,1-2H3/b21-12+. The molecule has 0 bridgehead atoms. The molecule has 0 unspecified atom stereocenters. The normalized spacial score (nSPS) is 14.7. The molecule has 9 heteroatoms. The lowest BCUT2D eigenvalue weighted by Gasteiger charge is -2.15. The predicted molar refractivity (Wildman–Crippen MR) is 134 cm³/mol. The number of nitrogens with zero attached hydrogens (tertiary/aromatic N) is 1. The largest absolute Gasteiger partial charge is 0.493 e. The maximum atomic E-state index is 12.6. The number of fused-ring (bicyclic) bond motifs is 1. The number of rotatable bonds is 7. The van der Waals surface area contributed by atoms with E-state index in [1.165, 1.54) is 14.2 Å². The van der Waals surface area contributed by atoms with Crippen LogP contribution >= 0.6 is 27.7 Å². The molecule has 1 saturated heterocycles. The van der Waals surface area contributed by atoms with Crippen LogP contribution in [-0.4, -0.2) is 42.8 Å². The summed E-state index contributed by atoms with van der Waals surface area (Å²) in [6.45, 7) is -0.0887. The highest BCUT2D eigenvalue weighted by molar-refractivity contribution is 9.10.